The van der Waals surface area contributed by atoms with Crippen molar-refractivity contribution >= 4 is 5.91 Å². The van der Waals surface area contributed by atoms with E-state index in [-0.39, 0.29) is 18.1 Å². The maximum absolute atomic E-state index is 12.0. The van der Waals surface area contributed by atoms with Gasteiger partial charge in [0.15, 0.2) is 5.82 Å². The molecule has 0 bridgehead atoms. The molecule has 3 heterocycles. The predicted octanol–water partition coefficient (Wildman–Crippen LogP) is 1.17. The van der Waals surface area contributed by atoms with E-state index in [1.54, 1.807) is 0 Å². The molecule has 0 aliphatic carbocycles. The van der Waals surface area contributed by atoms with Gasteiger partial charge in [-0.3, -0.25) is 9.69 Å². The summed E-state index contributed by atoms with van der Waals surface area (Å²) in [6.45, 7) is 2.63. The van der Waals surface area contributed by atoms with Gasteiger partial charge in [-0.05, 0) is 12.1 Å². The Morgan fingerprint density at radius 3 is 2.92 bits per heavy atom. The van der Waals surface area contributed by atoms with Crippen molar-refractivity contribution in [1.29, 1.82) is 0 Å². The van der Waals surface area contributed by atoms with Crippen molar-refractivity contribution in [2.45, 2.75) is 25.1 Å². The molecule has 0 saturated carbocycles. The molecule has 0 spiro atoms. The van der Waals surface area contributed by atoms with Crippen LogP contribution in [0.3, 0.4) is 0 Å². The molecule has 2 aromatic rings. The zero-order valence-electron chi connectivity index (χ0n) is 13.6. The van der Waals surface area contributed by atoms with E-state index in [1.165, 1.54) is 0 Å². The van der Waals surface area contributed by atoms with Crippen molar-refractivity contribution in [1.82, 2.24) is 19.9 Å². The van der Waals surface area contributed by atoms with Crippen LogP contribution in [0.1, 0.15) is 12.2 Å². The molecule has 0 radical (unpaired) electrons. The van der Waals surface area contributed by atoms with E-state index in [0.717, 1.165) is 18.7 Å². The zero-order valence-corrected chi connectivity index (χ0v) is 13.6. The summed E-state index contributed by atoms with van der Waals surface area (Å²) in [7, 11) is 1.86. The van der Waals surface area contributed by atoms with Crippen LogP contribution in [-0.4, -0.2) is 64.7 Å². The molecule has 1 aromatic carbocycles. The SMILES string of the molecule is CN1C(=O)CCO[C@H]2CN(Cc3noc(-c4ccccc4)n3)C[C@@H]21. The number of rotatable bonds is 3. The minimum Gasteiger partial charge on any atom is -0.374 e. The topological polar surface area (TPSA) is 71.7 Å². The van der Waals surface area contributed by atoms with E-state index >= 15 is 0 Å². The van der Waals surface area contributed by atoms with E-state index in [4.69, 9.17) is 9.26 Å². The Bertz CT molecular complexity index is 718. The van der Waals surface area contributed by atoms with Crippen LogP contribution in [-0.2, 0) is 16.1 Å². The molecule has 0 N–H and O–H groups in total. The summed E-state index contributed by atoms with van der Waals surface area (Å²) < 4.78 is 11.2. The van der Waals surface area contributed by atoms with Crippen molar-refractivity contribution in [2.24, 2.45) is 0 Å². The Balaban J connectivity index is 1.44. The van der Waals surface area contributed by atoms with Gasteiger partial charge >= 0.3 is 0 Å². The van der Waals surface area contributed by atoms with Gasteiger partial charge in [0.25, 0.3) is 5.89 Å². The third kappa shape index (κ3) is 2.92. The van der Waals surface area contributed by atoms with E-state index in [0.29, 0.717) is 31.3 Å². The molecule has 24 heavy (non-hydrogen) atoms. The molecular weight excluding hydrogens is 308 g/mol. The first-order valence-corrected chi connectivity index (χ1v) is 8.18. The molecule has 2 fully saturated rings. The van der Waals surface area contributed by atoms with Crippen molar-refractivity contribution in [3.63, 3.8) is 0 Å². The van der Waals surface area contributed by atoms with Crippen molar-refractivity contribution in [3.8, 4) is 11.5 Å². The second-order valence-electron chi connectivity index (χ2n) is 6.31. The lowest BCUT2D eigenvalue weighted by molar-refractivity contribution is -0.131. The Morgan fingerprint density at radius 1 is 1.25 bits per heavy atom. The van der Waals surface area contributed by atoms with E-state index < -0.39 is 0 Å². The normalized spacial score (nSPS) is 24.9. The minimum absolute atomic E-state index is 0.0574. The third-order valence-electron chi connectivity index (χ3n) is 4.71. The summed E-state index contributed by atoms with van der Waals surface area (Å²) in [5.41, 5.74) is 0.913. The molecule has 2 aliphatic heterocycles. The number of carbonyl (C=O) groups excluding carboxylic acids is 1. The molecule has 4 rings (SSSR count). The average Bonchev–Trinajstić information content (AvgIpc) is 3.20. The second-order valence-corrected chi connectivity index (χ2v) is 6.31. The Labute approximate surface area is 140 Å². The number of fused-ring (bicyclic) bond motifs is 1. The largest absolute Gasteiger partial charge is 0.374 e. The van der Waals surface area contributed by atoms with Gasteiger partial charge in [-0.15, -0.1) is 0 Å². The van der Waals surface area contributed by atoms with Crippen molar-refractivity contribution in [2.75, 3.05) is 26.7 Å². The summed E-state index contributed by atoms with van der Waals surface area (Å²) in [5, 5.41) is 4.08. The van der Waals surface area contributed by atoms with Gasteiger partial charge in [-0.1, -0.05) is 23.4 Å². The molecule has 2 aliphatic rings. The standard InChI is InChI=1S/C17H20N4O3/c1-20-13-9-21(10-14(13)23-8-7-16(20)22)11-15-18-17(24-19-15)12-5-3-2-4-6-12/h2-6,13-14H,7-11H2,1H3/t13-,14-/m0/s1. The van der Waals surface area contributed by atoms with Gasteiger partial charge < -0.3 is 14.2 Å². The van der Waals surface area contributed by atoms with Crippen LogP contribution in [0, 0.1) is 0 Å². The molecule has 2 atom stereocenters. The number of carbonyl (C=O) groups is 1. The number of hydrogen-bond acceptors (Lipinski definition) is 6. The van der Waals surface area contributed by atoms with Crippen LogP contribution >= 0.6 is 0 Å². The van der Waals surface area contributed by atoms with Gasteiger partial charge in [0, 0.05) is 25.7 Å². The number of hydrogen-bond donors (Lipinski definition) is 0. The number of aromatic nitrogens is 2. The van der Waals surface area contributed by atoms with E-state index in [2.05, 4.69) is 15.0 Å². The van der Waals surface area contributed by atoms with Crippen LogP contribution < -0.4 is 0 Å². The molecule has 126 valence electrons. The Kier molecular flexibility index (Phi) is 4.03. The highest BCUT2D eigenvalue weighted by Gasteiger charge is 2.40. The zero-order chi connectivity index (χ0) is 16.5. The minimum atomic E-state index is 0.0574. The van der Waals surface area contributed by atoms with Crippen LogP contribution in [0.2, 0.25) is 0 Å². The molecular formula is C17H20N4O3. The maximum atomic E-state index is 12.0. The number of ether oxygens (including phenoxy) is 1. The van der Waals surface area contributed by atoms with Gasteiger partial charge in [0.2, 0.25) is 5.91 Å². The summed E-state index contributed by atoms with van der Waals surface area (Å²) >= 11 is 0. The number of amides is 1. The number of nitrogens with zero attached hydrogens (tertiary/aromatic N) is 4. The third-order valence-corrected chi connectivity index (χ3v) is 4.71. The van der Waals surface area contributed by atoms with Gasteiger partial charge in [0.05, 0.1) is 31.7 Å². The van der Waals surface area contributed by atoms with Crippen LogP contribution in [0.15, 0.2) is 34.9 Å². The quantitative estimate of drug-likeness (QED) is 0.842. The lowest BCUT2D eigenvalue weighted by atomic mass is 10.2. The van der Waals surface area contributed by atoms with Crippen LogP contribution in [0.5, 0.6) is 0 Å². The first-order valence-electron chi connectivity index (χ1n) is 8.18. The predicted molar refractivity (Wildman–Crippen MR) is 85.9 cm³/mol. The number of benzene rings is 1. The smallest absolute Gasteiger partial charge is 0.257 e. The monoisotopic (exact) mass is 328 g/mol. The van der Waals surface area contributed by atoms with Crippen molar-refractivity contribution in [3.05, 3.63) is 36.2 Å². The van der Waals surface area contributed by atoms with E-state index in [9.17, 15) is 4.79 Å². The van der Waals surface area contributed by atoms with Gasteiger partial charge in [-0.2, -0.15) is 4.98 Å². The first kappa shape index (κ1) is 15.3. The number of likely N-dealkylation sites (tertiary alicyclic amines) is 1. The van der Waals surface area contributed by atoms with Gasteiger partial charge in [0.1, 0.15) is 0 Å². The first-order chi connectivity index (χ1) is 11.7. The summed E-state index contributed by atoms with van der Waals surface area (Å²) in [6, 6.07) is 9.82. The maximum Gasteiger partial charge on any atom is 0.257 e. The molecule has 1 amide bonds. The molecule has 7 heteroatoms. The Hall–Kier alpha value is -2.25. The Morgan fingerprint density at radius 2 is 2.08 bits per heavy atom. The fourth-order valence-electron chi connectivity index (χ4n) is 3.37. The molecule has 0 unspecified atom stereocenters. The fraction of sp³-hybridized carbons (Fsp3) is 0.471. The highest BCUT2D eigenvalue weighted by atomic mass is 16.5. The van der Waals surface area contributed by atoms with Crippen LogP contribution in [0.25, 0.3) is 11.5 Å². The lowest BCUT2D eigenvalue weighted by Gasteiger charge is -2.25. The summed E-state index contributed by atoms with van der Waals surface area (Å²) in [6.07, 6.45) is 0.524. The molecule has 7 nitrogen and oxygen atoms in total. The highest BCUT2D eigenvalue weighted by molar-refractivity contribution is 5.76. The average molecular weight is 328 g/mol. The van der Waals surface area contributed by atoms with Gasteiger partial charge in [-0.25, -0.2) is 0 Å². The van der Waals surface area contributed by atoms with E-state index in [1.807, 2.05) is 42.3 Å². The lowest BCUT2D eigenvalue weighted by Crippen LogP contribution is -2.42. The van der Waals surface area contributed by atoms with Crippen LogP contribution in [0.4, 0.5) is 0 Å². The summed E-state index contributed by atoms with van der Waals surface area (Å²) in [5.74, 6) is 1.33. The number of likely N-dealkylation sites (N-methyl/N-ethyl adjacent to an activating group) is 1. The highest BCUT2D eigenvalue weighted by Crippen LogP contribution is 2.24. The molecule has 2 saturated heterocycles. The fourth-order valence-corrected chi connectivity index (χ4v) is 3.37. The molecule has 1 aromatic heterocycles. The summed E-state index contributed by atoms with van der Waals surface area (Å²) in [4.78, 5) is 20.5. The van der Waals surface area contributed by atoms with Crippen molar-refractivity contribution < 1.29 is 14.1 Å². The second kappa shape index (κ2) is 6.33.